The van der Waals surface area contributed by atoms with Crippen LogP contribution >= 0.6 is 0 Å². The van der Waals surface area contributed by atoms with E-state index in [1.54, 1.807) is 30.3 Å². The summed E-state index contributed by atoms with van der Waals surface area (Å²) in [6.45, 7) is 0.193. The zero-order chi connectivity index (χ0) is 18.6. The van der Waals surface area contributed by atoms with E-state index in [0.717, 1.165) is 5.56 Å². The molecule has 0 aliphatic heterocycles. The van der Waals surface area contributed by atoms with Gasteiger partial charge >= 0.3 is 11.7 Å². The van der Waals surface area contributed by atoms with E-state index < -0.39 is 11.7 Å². The fourth-order valence-electron chi connectivity index (χ4n) is 2.77. The molecule has 0 bridgehead atoms. The number of carbonyl (C=O) groups is 1. The van der Waals surface area contributed by atoms with Crippen molar-refractivity contribution in [2.75, 3.05) is 0 Å². The van der Waals surface area contributed by atoms with Gasteiger partial charge in [-0.2, -0.15) is 0 Å². The van der Waals surface area contributed by atoms with Gasteiger partial charge in [-0.3, -0.25) is 9.36 Å². The number of benzene rings is 2. The first-order valence-electron chi connectivity index (χ1n) is 8.46. The maximum atomic E-state index is 12.0. The summed E-state index contributed by atoms with van der Waals surface area (Å²) in [6.07, 6.45) is 0.0484. The topological polar surface area (TPSA) is 87.5 Å². The first-order valence-corrected chi connectivity index (χ1v) is 8.46. The average Bonchev–Trinajstić information content (AvgIpc) is 3.29. The van der Waals surface area contributed by atoms with E-state index in [4.69, 9.17) is 13.7 Å². The molecule has 4 aromatic rings. The Balaban J connectivity index is 1.34. The number of nitrogens with zero attached hydrogens (tertiary/aromatic N) is 2. The van der Waals surface area contributed by atoms with E-state index in [9.17, 15) is 9.59 Å². The number of esters is 1. The molecule has 0 spiro atoms. The highest BCUT2D eigenvalue weighted by atomic mass is 16.5. The largest absolute Gasteiger partial charge is 0.459 e. The number of rotatable bonds is 6. The zero-order valence-electron chi connectivity index (χ0n) is 14.3. The summed E-state index contributed by atoms with van der Waals surface area (Å²) in [5, 5.41) is 3.91. The van der Waals surface area contributed by atoms with Gasteiger partial charge in [0.05, 0.1) is 11.9 Å². The molecule has 4 rings (SSSR count). The van der Waals surface area contributed by atoms with Gasteiger partial charge in [0.1, 0.15) is 12.3 Å². The molecule has 0 aliphatic carbocycles. The highest BCUT2D eigenvalue weighted by Gasteiger charge is 2.12. The van der Waals surface area contributed by atoms with Crippen molar-refractivity contribution in [1.29, 1.82) is 0 Å². The van der Waals surface area contributed by atoms with E-state index >= 15 is 0 Å². The molecule has 2 heterocycles. The van der Waals surface area contributed by atoms with E-state index in [0.29, 0.717) is 22.6 Å². The molecule has 0 aliphatic rings. The molecule has 0 atom stereocenters. The Morgan fingerprint density at radius 2 is 1.85 bits per heavy atom. The predicted molar refractivity (Wildman–Crippen MR) is 96.8 cm³/mol. The SMILES string of the molecule is O=C(CCn1c(=O)oc2ccccc21)OCc1cc(-c2ccccc2)on1. The van der Waals surface area contributed by atoms with Crippen molar-refractivity contribution in [2.24, 2.45) is 0 Å². The standard InChI is InChI=1S/C20H16N2O5/c23-19(10-11-22-16-8-4-5-9-17(16)26-20(22)24)25-13-15-12-18(27-21-15)14-6-2-1-3-7-14/h1-9,12H,10-11,13H2. The first-order chi connectivity index (χ1) is 13.2. The van der Waals surface area contributed by atoms with Gasteiger partial charge in [0, 0.05) is 18.2 Å². The summed E-state index contributed by atoms with van der Waals surface area (Å²) in [6, 6.07) is 18.3. The molecule has 0 saturated heterocycles. The van der Waals surface area contributed by atoms with Gasteiger partial charge in [-0.05, 0) is 12.1 Å². The van der Waals surface area contributed by atoms with Crippen LogP contribution in [0.3, 0.4) is 0 Å². The third-order valence-corrected chi connectivity index (χ3v) is 4.11. The normalized spacial score (nSPS) is 11.0. The Morgan fingerprint density at radius 1 is 1.07 bits per heavy atom. The number of oxazole rings is 1. The van der Waals surface area contributed by atoms with E-state index in [2.05, 4.69) is 5.16 Å². The molecule has 0 fully saturated rings. The minimum atomic E-state index is -0.493. The van der Waals surface area contributed by atoms with Crippen LogP contribution in [0.2, 0.25) is 0 Å². The zero-order valence-corrected chi connectivity index (χ0v) is 14.3. The van der Waals surface area contributed by atoms with Crippen molar-refractivity contribution < 1.29 is 18.5 Å². The molecule has 0 amide bonds. The van der Waals surface area contributed by atoms with Gasteiger partial charge in [0.2, 0.25) is 0 Å². The minimum Gasteiger partial charge on any atom is -0.459 e. The van der Waals surface area contributed by atoms with Crippen molar-refractivity contribution in [3.8, 4) is 11.3 Å². The fourth-order valence-corrected chi connectivity index (χ4v) is 2.77. The van der Waals surface area contributed by atoms with Gasteiger partial charge in [0.15, 0.2) is 11.3 Å². The lowest BCUT2D eigenvalue weighted by atomic mass is 10.2. The Kier molecular flexibility index (Phi) is 4.57. The maximum absolute atomic E-state index is 12.0. The summed E-state index contributed by atoms with van der Waals surface area (Å²) in [4.78, 5) is 23.9. The molecule has 0 N–H and O–H groups in total. The summed E-state index contributed by atoms with van der Waals surface area (Å²) in [7, 11) is 0. The van der Waals surface area contributed by atoms with Crippen LogP contribution in [-0.2, 0) is 22.7 Å². The van der Waals surface area contributed by atoms with Gasteiger partial charge < -0.3 is 13.7 Å². The fraction of sp³-hybridized carbons (Fsp3) is 0.150. The molecule has 27 heavy (non-hydrogen) atoms. The number of hydrogen-bond acceptors (Lipinski definition) is 6. The van der Waals surface area contributed by atoms with Crippen molar-refractivity contribution in [3.05, 3.63) is 76.9 Å². The van der Waals surface area contributed by atoms with Crippen LogP contribution in [0.5, 0.6) is 0 Å². The number of fused-ring (bicyclic) bond motifs is 1. The Hall–Kier alpha value is -3.61. The number of hydrogen-bond donors (Lipinski definition) is 0. The lowest BCUT2D eigenvalue weighted by Crippen LogP contribution is -2.17. The van der Waals surface area contributed by atoms with Crippen molar-refractivity contribution >= 4 is 17.1 Å². The monoisotopic (exact) mass is 364 g/mol. The molecule has 0 saturated carbocycles. The molecule has 136 valence electrons. The van der Waals surface area contributed by atoms with Crippen LogP contribution in [0.1, 0.15) is 12.1 Å². The van der Waals surface area contributed by atoms with E-state index in [-0.39, 0.29) is 19.6 Å². The number of carbonyl (C=O) groups excluding carboxylic acids is 1. The van der Waals surface area contributed by atoms with E-state index in [1.807, 2.05) is 30.3 Å². The maximum Gasteiger partial charge on any atom is 0.419 e. The van der Waals surface area contributed by atoms with Crippen LogP contribution in [0.4, 0.5) is 0 Å². The van der Waals surface area contributed by atoms with Crippen molar-refractivity contribution in [2.45, 2.75) is 19.6 Å². The van der Waals surface area contributed by atoms with Crippen LogP contribution in [0, 0.1) is 0 Å². The van der Waals surface area contributed by atoms with Crippen molar-refractivity contribution in [3.63, 3.8) is 0 Å². The average molecular weight is 364 g/mol. The molecule has 0 unspecified atom stereocenters. The van der Waals surface area contributed by atoms with Crippen LogP contribution < -0.4 is 5.76 Å². The Morgan fingerprint density at radius 3 is 2.70 bits per heavy atom. The van der Waals surface area contributed by atoms with Gasteiger partial charge in [-0.1, -0.05) is 47.6 Å². The summed E-state index contributed by atoms with van der Waals surface area (Å²) in [5.41, 5.74) is 2.56. The Labute approximate surface area is 153 Å². The third-order valence-electron chi connectivity index (χ3n) is 4.11. The smallest absolute Gasteiger partial charge is 0.419 e. The molecule has 0 radical (unpaired) electrons. The van der Waals surface area contributed by atoms with Crippen LogP contribution in [0.15, 0.2) is 74.4 Å². The second-order valence-corrected chi connectivity index (χ2v) is 5.95. The first kappa shape index (κ1) is 16.8. The Bertz CT molecular complexity index is 1120. The molecule has 2 aromatic carbocycles. The van der Waals surface area contributed by atoms with Gasteiger partial charge in [-0.25, -0.2) is 4.79 Å². The highest BCUT2D eigenvalue weighted by molar-refractivity contribution is 5.73. The third kappa shape index (κ3) is 3.67. The second-order valence-electron chi connectivity index (χ2n) is 5.95. The predicted octanol–water partition coefficient (Wildman–Crippen LogP) is 3.38. The van der Waals surface area contributed by atoms with Gasteiger partial charge in [-0.15, -0.1) is 0 Å². The second kappa shape index (κ2) is 7.33. The molecule has 7 heteroatoms. The quantitative estimate of drug-likeness (QED) is 0.487. The lowest BCUT2D eigenvalue weighted by molar-refractivity contribution is -0.145. The number of aryl methyl sites for hydroxylation is 1. The van der Waals surface area contributed by atoms with Gasteiger partial charge in [0.25, 0.3) is 0 Å². The van der Waals surface area contributed by atoms with Crippen LogP contribution in [-0.4, -0.2) is 15.7 Å². The number of aromatic nitrogens is 2. The summed E-state index contributed by atoms with van der Waals surface area (Å²) >= 11 is 0. The number of ether oxygens (including phenoxy) is 1. The summed E-state index contributed by atoms with van der Waals surface area (Å²) < 4.78 is 17.0. The molecular weight excluding hydrogens is 348 g/mol. The highest BCUT2D eigenvalue weighted by Crippen LogP contribution is 2.20. The molecule has 2 aromatic heterocycles. The van der Waals surface area contributed by atoms with Crippen molar-refractivity contribution in [1.82, 2.24) is 9.72 Å². The van der Waals surface area contributed by atoms with E-state index in [1.165, 1.54) is 4.57 Å². The lowest BCUT2D eigenvalue weighted by Gasteiger charge is -2.03. The minimum absolute atomic E-state index is 0.0101. The molecule has 7 nitrogen and oxygen atoms in total. The van der Waals surface area contributed by atoms with Crippen LogP contribution in [0.25, 0.3) is 22.4 Å². The summed E-state index contributed by atoms with van der Waals surface area (Å²) in [5.74, 6) is -0.317. The molecular formula is C20H16N2O5. The number of para-hydroxylation sites is 2.